The molecule has 0 unspecified atom stereocenters. The molecule has 2 rings (SSSR count). The van der Waals surface area contributed by atoms with E-state index in [-0.39, 0.29) is 6.54 Å². The van der Waals surface area contributed by atoms with Gasteiger partial charge >= 0.3 is 6.18 Å². The molecule has 2 aromatic rings. The first-order valence-corrected chi connectivity index (χ1v) is 9.41. The number of benzene rings is 2. The lowest BCUT2D eigenvalue weighted by molar-refractivity contribution is -0.137. The van der Waals surface area contributed by atoms with Crippen molar-refractivity contribution in [1.29, 1.82) is 5.26 Å². The van der Waals surface area contributed by atoms with Crippen molar-refractivity contribution in [2.45, 2.75) is 17.6 Å². The molecule has 0 radical (unpaired) electrons. The van der Waals surface area contributed by atoms with E-state index in [1.807, 2.05) is 10.8 Å². The predicted molar refractivity (Wildman–Crippen MR) is 94.3 cm³/mol. The van der Waals surface area contributed by atoms with Crippen molar-refractivity contribution < 1.29 is 26.4 Å². The molecular formula is C18H16F3N3O3S. The fourth-order valence-electron chi connectivity index (χ4n) is 2.26. The zero-order chi connectivity index (χ0) is 20.9. The molecule has 0 spiro atoms. The van der Waals surface area contributed by atoms with Gasteiger partial charge in [-0.05, 0) is 35.9 Å². The first-order chi connectivity index (χ1) is 13.0. The van der Waals surface area contributed by atoms with Crippen LogP contribution in [0.3, 0.4) is 0 Å². The molecule has 0 aliphatic carbocycles. The van der Waals surface area contributed by atoms with Crippen molar-refractivity contribution in [1.82, 2.24) is 9.62 Å². The summed E-state index contributed by atoms with van der Waals surface area (Å²) in [5.41, 5.74) is 0.0989. The Hall–Kier alpha value is -2.90. The summed E-state index contributed by atoms with van der Waals surface area (Å²) in [6.45, 7) is -0.429. The summed E-state index contributed by atoms with van der Waals surface area (Å²) < 4.78 is 64.6. The van der Waals surface area contributed by atoms with Gasteiger partial charge in [0.05, 0.1) is 28.6 Å². The van der Waals surface area contributed by atoms with E-state index in [4.69, 9.17) is 5.26 Å². The first kappa shape index (κ1) is 21.4. The van der Waals surface area contributed by atoms with Gasteiger partial charge in [-0.15, -0.1) is 0 Å². The van der Waals surface area contributed by atoms with E-state index in [0.717, 1.165) is 23.8 Å². The minimum Gasteiger partial charge on any atom is -0.340 e. The highest BCUT2D eigenvalue weighted by Crippen LogP contribution is 2.30. The third kappa shape index (κ3) is 5.55. The summed E-state index contributed by atoms with van der Waals surface area (Å²) in [5, 5.41) is 8.76. The maximum absolute atomic E-state index is 12.7. The minimum atomic E-state index is -4.68. The molecule has 1 N–H and O–H groups in total. The molecule has 0 fully saturated rings. The number of nitrogens with one attached hydrogen (secondary N) is 1. The summed E-state index contributed by atoms with van der Waals surface area (Å²) in [5.74, 6) is -0.570. The molecule has 0 aliphatic heterocycles. The second-order valence-electron chi connectivity index (χ2n) is 5.91. The van der Waals surface area contributed by atoms with Gasteiger partial charge in [0.2, 0.25) is 15.9 Å². The number of likely N-dealkylation sites (N-methyl/N-ethyl adjacent to an activating group) is 1. The van der Waals surface area contributed by atoms with Crippen LogP contribution in [-0.2, 0) is 27.5 Å². The molecule has 10 heteroatoms. The number of sulfonamides is 1. The lowest BCUT2D eigenvalue weighted by Crippen LogP contribution is -2.37. The number of halogens is 3. The topological polar surface area (TPSA) is 90.3 Å². The zero-order valence-corrected chi connectivity index (χ0v) is 15.5. The van der Waals surface area contributed by atoms with Crippen molar-refractivity contribution in [2.75, 3.05) is 13.6 Å². The van der Waals surface area contributed by atoms with Gasteiger partial charge in [-0.2, -0.15) is 18.4 Å². The van der Waals surface area contributed by atoms with Crippen molar-refractivity contribution in [2.24, 2.45) is 0 Å². The predicted octanol–water partition coefficient (Wildman–Crippen LogP) is 2.51. The number of rotatable bonds is 6. The Morgan fingerprint density at radius 3 is 2.39 bits per heavy atom. The molecule has 1 amide bonds. The molecule has 0 aromatic heterocycles. The Kier molecular flexibility index (Phi) is 6.43. The van der Waals surface area contributed by atoms with Gasteiger partial charge in [-0.3, -0.25) is 4.79 Å². The van der Waals surface area contributed by atoms with Crippen LogP contribution in [0.4, 0.5) is 13.2 Å². The van der Waals surface area contributed by atoms with Gasteiger partial charge in [0.25, 0.3) is 0 Å². The molecule has 0 saturated heterocycles. The lowest BCUT2D eigenvalue weighted by Gasteiger charge is -2.18. The number of alkyl halides is 3. The Labute approximate surface area is 160 Å². The number of hydrogen-bond donors (Lipinski definition) is 1. The third-order valence-corrected chi connectivity index (χ3v) is 5.21. The molecule has 2 aromatic carbocycles. The van der Waals surface area contributed by atoms with E-state index in [1.165, 1.54) is 11.9 Å². The molecule has 0 atom stereocenters. The van der Waals surface area contributed by atoms with Gasteiger partial charge in [0, 0.05) is 13.6 Å². The van der Waals surface area contributed by atoms with Crippen LogP contribution in [-0.4, -0.2) is 32.8 Å². The Balaban J connectivity index is 2.01. The molecule has 6 nitrogen and oxygen atoms in total. The average molecular weight is 411 g/mol. The first-order valence-electron chi connectivity index (χ1n) is 7.93. The van der Waals surface area contributed by atoms with Gasteiger partial charge in [0.1, 0.15) is 0 Å². The third-order valence-electron chi connectivity index (χ3n) is 3.81. The summed E-state index contributed by atoms with van der Waals surface area (Å²) in [7, 11) is -2.83. The van der Waals surface area contributed by atoms with Gasteiger partial charge < -0.3 is 4.90 Å². The normalized spacial score (nSPS) is 11.7. The molecule has 0 saturated carbocycles. The largest absolute Gasteiger partial charge is 0.416 e. The molecular weight excluding hydrogens is 395 g/mol. The number of carbonyl (C=O) groups is 1. The SMILES string of the molecule is CN(Cc1ccc(C#N)cc1)C(=O)CNS(=O)(=O)c1cccc(C(F)(F)F)c1. The number of carbonyl (C=O) groups excluding carboxylic acids is 1. The van der Waals surface area contributed by atoms with Gasteiger partial charge in [-0.1, -0.05) is 18.2 Å². The maximum Gasteiger partial charge on any atom is 0.416 e. The second kappa shape index (κ2) is 8.41. The van der Waals surface area contributed by atoms with Gasteiger partial charge in [0.15, 0.2) is 0 Å². The van der Waals surface area contributed by atoms with E-state index in [1.54, 1.807) is 24.3 Å². The lowest BCUT2D eigenvalue weighted by atomic mass is 10.1. The molecule has 148 valence electrons. The fraction of sp³-hybridized carbons (Fsp3) is 0.222. The highest BCUT2D eigenvalue weighted by atomic mass is 32.2. The summed E-state index contributed by atoms with van der Waals surface area (Å²) in [6.07, 6.45) is -4.68. The van der Waals surface area contributed by atoms with Gasteiger partial charge in [-0.25, -0.2) is 13.1 Å². The van der Waals surface area contributed by atoms with E-state index >= 15 is 0 Å². The van der Waals surface area contributed by atoms with Crippen LogP contribution in [0.1, 0.15) is 16.7 Å². The fourth-order valence-corrected chi connectivity index (χ4v) is 3.28. The summed E-state index contributed by atoms with van der Waals surface area (Å²) in [4.78, 5) is 12.8. The average Bonchev–Trinajstić information content (AvgIpc) is 2.66. The zero-order valence-electron chi connectivity index (χ0n) is 14.7. The van der Waals surface area contributed by atoms with Crippen molar-refractivity contribution in [3.05, 3.63) is 65.2 Å². The monoisotopic (exact) mass is 411 g/mol. The van der Waals surface area contributed by atoms with E-state index in [2.05, 4.69) is 0 Å². The Bertz CT molecular complexity index is 997. The van der Waals surface area contributed by atoms with E-state index in [0.29, 0.717) is 11.6 Å². The van der Waals surface area contributed by atoms with Crippen LogP contribution in [0.15, 0.2) is 53.4 Å². The highest BCUT2D eigenvalue weighted by molar-refractivity contribution is 7.89. The molecule has 28 heavy (non-hydrogen) atoms. The van der Waals surface area contributed by atoms with Crippen molar-refractivity contribution >= 4 is 15.9 Å². The second-order valence-corrected chi connectivity index (χ2v) is 7.68. The highest BCUT2D eigenvalue weighted by Gasteiger charge is 2.31. The number of nitrogens with zero attached hydrogens (tertiary/aromatic N) is 2. The van der Waals surface area contributed by atoms with E-state index in [9.17, 15) is 26.4 Å². The molecule has 0 heterocycles. The summed E-state index contributed by atoms with van der Waals surface area (Å²) in [6, 6.07) is 11.7. The number of amides is 1. The number of hydrogen-bond acceptors (Lipinski definition) is 4. The van der Waals surface area contributed by atoms with Crippen molar-refractivity contribution in [3.8, 4) is 6.07 Å². The Morgan fingerprint density at radius 1 is 1.18 bits per heavy atom. The maximum atomic E-state index is 12.7. The van der Waals surface area contributed by atoms with Crippen LogP contribution in [0.2, 0.25) is 0 Å². The van der Waals surface area contributed by atoms with E-state index < -0.39 is 39.1 Å². The smallest absolute Gasteiger partial charge is 0.340 e. The number of nitriles is 1. The van der Waals surface area contributed by atoms with Crippen LogP contribution < -0.4 is 4.72 Å². The van der Waals surface area contributed by atoms with Crippen LogP contribution in [0, 0.1) is 11.3 Å². The van der Waals surface area contributed by atoms with Crippen LogP contribution in [0.25, 0.3) is 0 Å². The summed E-state index contributed by atoms with van der Waals surface area (Å²) >= 11 is 0. The standard InChI is InChI=1S/C18H16F3N3O3S/c1-24(12-14-7-5-13(10-22)6-8-14)17(25)11-23-28(26,27)16-4-2-3-15(9-16)18(19,20)21/h2-9,23H,11-12H2,1H3. The quantitative estimate of drug-likeness (QED) is 0.791. The molecule has 0 aliphatic rings. The Morgan fingerprint density at radius 2 is 1.82 bits per heavy atom. The molecule has 0 bridgehead atoms. The van der Waals surface area contributed by atoms with Crippen LogP contribution >= 0.6 is 0 Å². The van der Waals surface area contributed by atoms with Crippen molar-refractivity contribution in [3.63, 3.8) is 0 Å². The minimum absolute atomic E-state index is 0.176. The van der Waals surface area contributed by atoms with Crippen LogP contribution in [0.5, 0.6) is 0 Å².